The molecule has 0 bridgehead atoms. The van der Waals surface area contributed by atoms with E-state index < -0.39 is 0 Å². The third-order valence-corrected chi connectivity index (χ3v) is 4.89. The van der Waals surface area contributed by atoms with Crippen LogP contribution in [0.1, 0.15) is 12.7 Å². The number of imidazole rings is 1. The summed E-state index contributed by atoms with van der Waals surface area (Å²) in [5.74, 6) is 0.869. The SMILES string of the molecule is CCn1c(C2=C(O)CN(c3cc(Cl)cc(Cl)c3)C2=N)nc2ccccc21. The molecular formula is C19H16Cl2N4O. The Labute approximate surface area is 160 Å². The number of aryl methyl sites for hydroxylation is 1. The van der Waals surface area contributed by atoms with Crippen LogP contribution in [0.15, 0.2) is 48.2 Å². The van der Waals surface area contributed by atoms with Crippen molar-refractivity contribution in [3.8, 4) is 0 Å². The number of nitrogens with one attached hydrogen (secondary N) is 1. The van der Waals surface area contributed by atoms with Gasteiger partial charge in [-0.1, -0.05) is 35.3 Å². The number of rotatable bonds is 3. The molecule has 7 heteroatoms. The molecule has 0 aliphatic carbocycles. The number of nitrogens with zero attached hydrogens (tertiary/aromatic N) is 3. The third kappa shape index (κ3) is 2.64. The topological polar surface area (TPSA) is 65.1 Å². The Balaban J connectivity index is 1.81. The molecule has 0 atom stereocenters. The van der Waals surface area contributed by atoms with E-state index in [1.54, 1.807) is 23.1 Å². The minimum atomic E-state index is 0.108. The fourth-order valence-corrected chi connectivity index (χ4v) is 3.83. The van der Waals surface area contributed by atoms with Crippen LogP contribution in [-0.4, -0.2) is 27.0 Å². The summed E-state index contributed by atoms with van der Waals surface area (Å²) in [6.07, 6.45) is 0. The Morgan fingerprint density at radius 1 is 1.15 bits per heavy atom. The predicted molar refractivity (Wildman–Crippen MR) is 106 cm³/mol. The number of aromatic nitrogens is 2. The first-order valence-electron chi connectivity index (χ1n) is 8.20. The van der Waals surface area contributed by atoms with Crippen LogP contribution in [0, 0.1) is 5.41 Å². The van der Waals surface area contributed by atoms with E-state index in [9.17, 15) is 5.11 Å². The van der Waals surface area contributed by atoms with Gasteiger partial charge in [0.1, 0.15) is 17.4 Å². The highest BCUT2D eigenvalue weighted by atomic mass is 35.5. The summed E-state index contributed by atoms with van der Waals surface area (Å²) in [5.41, 5.74) is 2.90. The summed E-state index contributed by atoms with van der Waals surface area (Å²) in [5, 5.41) is 20.2. The van der Waals surface area contributed by atoms with Crippen molar-refractivity contribution in [3.63, 3.8) is 0 Å². The standard InChI is InChI=1S/C19H16Cl2N4O/c1-2-24-15-6-4-3-5-14(15)23-19(24)17-16(26)10-25(18(17)22)13-8-11(20)7-12(21)9-13/h3-9,22,26H,2,10H2,1H3. The molecule has 0 saturated carbocycles. The van der Waals surface area contributed by atoms with E-state index in [1.165, 1.54) is 0 Å². The van der Waals surface area contributed by atoms with Crippen LogP contribution in [-0.2, 0) is 6.54 Å². The van der Waals surface area contributed by atoms with Gasteiger partial charge in [0, 0.05) is 22.3 Å². The molecular weight excluding hydrogens is 371 g/mol. The number of para-hydroxylation sites is 2. The second-order valence-electron chi connectivity index (χ2n) is 6.05. The maximum Gasteiger partial charge on any atom is 0.148 e. The smallest absolute Gasteiger partial charge is 0.148 e. The first-order valence-corrected chi connectivity index (χ1v) is 8.95. The Kier molecular flexibility index (Phi) is 4.13. The van der Waals surface area contributed by atoms with Gasteiger partial charge in [-0.15, -0.1) is 0 Å². The lowest BCUT2D eigenvalue weighted by atomic mass is 10.2. The fourth-order valence-electron chi connectivity index (χ4n) is 3.32. The fraction of sp³-hybridized carbons (Fsp3) is 0.158. The van der Waals surface area contributed by atoms with Crippen molar-refractivity contribution in [2.24, 2.45) is 0 Å². The molecule has 5 nitrogen and oxygen atoms in total. The highest BCUT2D eigenvalue weighted by molar-refractivity contribution is 6.36. The first kappa shape index (κ1) is 16.9. The summed E-state index contributed by atoms with van der Waals surface area (Å²) in [7, 11) is 0. The van der Waals surface area contributed by atoms with Crippen molar-refractivity contribution < 1.29 is 5.11 Å². The number of hydrogen-bond acceptors (Lipinski definition) is 3. The molecule has 0 unspecified atom stereocenters. The quantitative estimate of drug-likeness (QED) is 0.655. The zero-order chi connectivity index (χ0) is 18.4. The van der Waals surface area contributed by atoms with Crippen LogP contribution >= 0.6 is 23.2 Å². The molecule has 0 radical (unpaired) electrons. The Hall–Kier alpha value is -2.50. The van der Waals surface area contributed by atoms with Gasteiger partial charge < -0.3 is 14.6 Å². The average molecular weight is 387 g/mol. The molecule has 4 rings (SSSR count). The molecule has 2 aromatic carbocycles. The molecule has 2 N–H and O–H groups in total. The molecule has 0 amide bonds. The van der Waals surface area contributed by atoms with Crippen molar-refractivity contribution >= 4 is 51.3 Å². The Bertz CT molecular complexity index is 1050. The van der Waals surface area contributed by atoms with Crippen LogP contribution in [0.3, 0.4) is 0 Å². The first-order chi connectivity index (χ1) is 12.5. The molecule has 1 aliphatic heterocycles. The molecule has 0 fully saturated rings. The Morgan fingerprint density at radius 2 is 1.85 bits per heavy atom. The maximum absolute atomic E-state index is 10.6. The van der Waals surface area contributed by atoms with E-state index in [0.717, 1.165) is 11.0 Å². The second kappa shape index (κ2) is 6.34. The number of aliphatic hydroxyl groups is 1. The molecule has 1 aliphatic rings. The van der Waals surface area contributed by atoms with Crippen LogP contribution in [0.4, 0.5) is 5.69 Å². The van der Waals surface area contributed by atoms with Gasteiger partial charge in [-0.05, 0) is 37.3 Å². The Morgan fingerprint density at radius 3 is 2.54 bits per heavy atom. The predicted octanol–water partition coefficient (Wildman–Crippen LogP) is 5.13. The van der Waals surface area contributed by atoms with Crippen LogP contribution in [0.5, 0.6) is 0 Å². The number of amidine groups is 1. The van der Waals surface area contributed by atoms with Crippen LogP contribution in [0.2, 0.25) is 10.0 Å². The number of halogens is 2. The van der Waals surface area contributed by atoms with E-state index in [2.05, 4.69) is 4.98 Å². The summed E-state index contributed by atoms with van der Waals surface area (Å²) in [6, 6.07) is 12.9. The highest BCUT2D eigenvalue weighted by Crippen LogP contribution is 2.34. The third-order valence-electron chi connectivity index (χ3n) is 4.46. The largest absolute Gasteiger partial charge is 0.509 e. The zero-order valence-electron chi connectivity index (χ0n) is 14.0. The maximum atomic E-state index is 10.6. The van der Waals surface area contributed by atoms with E-state index >= 15 is 0 Å². The van der Waals surface area contributed by atoms with Gasteiger partial charge >= 0.3 is 0 Å². The lowest BCUT2D eigenvalue weighted by molar-refractivity contribution is 0.411. The molecule has 3 aromatic rings. The number of aliphatic hydroxyl groups excluding tert-OH is 1. The van der Waals surface area contributed by atoms with Crippen LogP contribution < -0.4 is 4.90 Å². The molecule has 0 spiro atoms. The van der Waals surface area contributed by atoms with Gasteiger partial charge in [-0.3, -0.25) is 5.41 Å². The minimum Gasteiger partial charge on any atom is -0.509 e. The van der Waals surface area contributed by atoms with Gasteiger partial charge in [0.2, 0.25) is 0 Å². The summed E-state index contributed by atoms with van der Waals surface area (Å²) >= 11 is 12.2. The average Bonchev–Trinajstić information content (AvgIpc) is 3.10. The minimum absolute atomic E-state index is 0.108. The molecule has 0 saturated heterocycles. The van der Waals surface area contributed by atoms with Gasteiger partial charge in [0.15, 0.2) is 0 Å². The molecule has 1 aromatic heterocycles. The number of benzene rings is 2. The number of anilines is 1. The van der Waals surface area contributed by atoms with Gasteiger partial charge in [0.25, 0.3) is 0 Å². The van der Waals surface area contributed by atoms with E-state index in [0.29, 0.717) is 33.7 Å². The highest BCUT2D eigenvalue weighted by Gasteiger charge is 2.32. The van der Waals surface area contributed by atoms with Crippen molar-refractivity contribution in [1.82, 2.24) is 9.55 Å². The summed E-state index contributed by atoms with van der Waals surface area (Å²) in [6.45, 7) is 2.88. The van der Waals surface area contributed by atoms with Gasteiger partial charge in [0.05, 0.1) is 23.2 Å². The van der Waals surface area contributed by atoms with E-state index in [1.807, 2.05) is 35.8 Å². The second-order valence-corrected chi connectivity index (χ2v) is 6.93. The number of hydrogen-bond donors (Lipinski definition) is 2. The van der Waals surface area contributed by atoms with E-state index in [4.69, 9.17) is 28.6 Å². The van der Waals surface area contributed by atoms with Gasteiger partial charge in [-0.2, -0.15) is 0 Å². The van der Waals surface area contributed by atoms with Crippen LogP contribution in [0.25, 0.3) is 16.6 Å². The molecule has 26 heavy (non-hydrogen) atoms. The van der Waals surface area contributed by atoms with E-state index in [-0.39, 0.29) is 18.1 Å². The molecule has 132 valence electrons. The lowest BCUT2D eigenvalue weighted by Crippen LogP contribution is -2.26. The summed E-state index contributed by atoms with van der Waals surface area (Å²) < 4.78 is 2.00. The summed E-state index contributed by atoms with van der Waals surface area (Å²) in [4.78, 5) is 6.32. The van der Waals surface area contributed by atoms with Gasteiger partial charge in [-0.25, -0.2) is 4.98 Å². The zero-order valence-corrected chi connectivity index (χ0v) is 15.5. The molecule has 2 heterocycles. The monoisotopic (exact) mass is 386 g/mol. The lowest BCUT2D eigenvalue weighted by Gasteiger charge is -2.19. The number of fused-ring (bicyclic) bond motifs is 1. The normalized spacial score (nSPS) is 14.7. The van der Waals surface area contributed by atoms with Crippen molar-refractivity contribution in [3.05, 3.63) is 64.1 Å². The van der Waals surface area contributed by atoms with Crippen molar-refractivity contribution in [1.29, 1.82) is 5.41 Å². The van der Waals surface area contributed by atoms with Crippen molar-refractivity contribution in [2.45, 2.75) is 13.5 Å². The van der Waals surface area contributed by atoms with Crippen molar-refractivity contribution in [2.75, 3.05) is 11.4 Å².